The van der Waals surface area contributed by atoms with Crippen LogP contribution in [0.1, 0.15) is 40.0 Å². The van der Waals surface area contributed by atoms with E-state index >= 15 is 0 Å². The zero-order valence-electron chi connectivity index (χ0n) is 14.4. The van der Waals surface area contributed by atoms with Crippen molar-refractivity contribution in [2.45, 2.75) is 46.1 Å². The van der Waals surface area contributed by atoms with E-state index in [-0.39, 0.29) is 0 Å². The van der Waals surface area contributed by atoms with Crippen LogP contribution in [-0.4, -0.2) is 70.5 Å². The van der Waals surface area contributed by atoms with Gasteiger partial charge in [-0.3, -0.25) is 0 Å². The van der Waals surface area contributed by atoms with Crippen LogP contribution in [0, 0.1) is 0 Å². The zero-order chi connectivity index (χ0) is 16.3. The number of nitrogens with zero attached hydrogens (tertiary/aromatic N) is 2. The molecule has 1 unspecified atom stereocenters. The number of hydrogen-bond donors (Lipinski definition) is 2. The highest BCUT2D eigenvalue weighted by atomic mass is 32.2. The first-order chi connectivity index (χ1) is 9.85. The first-order valence-corrected chi connectivity index (χ1v) is 9.41. The SMILES string of the molecule is CCCNCCCN(C)S(=O)(=O)NCCN(C)C(C)CC. The lowest BCUT2D eigenvalue weighted by Gasteiger charge is -2.24. The summed E-state index contributed by atoms with van der Waals surface area (Å²) in [5.41, 5.74) is 0. The van der Waals surface area contributed by atoms with E-state index in [0.717, 1.165) is 38.9 Å². The Morgan fingerprint density at radius 1 is 1.05 bits per heavy atom. The van der Waals surface area contributed by atoms with Crippen molar-refractivity contribution in [2.24, 2.45) is 0 Å². The molecule has 7 heteroatoms. The molecule has 0 amide bonds. The van der Waals surface area contributed by atoms with Gasteiger partial charge in [-0.25, -0.2) is 4.72 Å². The van der Waals surface area contributed by atoms with Crippen LogP contribution < -0.4 is 10.0 Å². The number of hydrogen-bond acceptors (Lipinski definition) is 4. The van der Waals surface area contributed by atoms with Crippen LogP contribution in [-0.2, 0) is 10.2 Å². The minimum atomic E-state index is -3.35. The van der Waals surface area contributed by atoms with Crippen LogP contribution in [0.2, 0.25) is 0 Å². The first kappa shape index (κ1) is 20.8. The summed E-state index contributed by atoms with van der Waals surface area (Å²) >= 11 is 0. The van der Waals surface area contributed by atoms with E-state index in [1.807, 2.05) is 7.05 Å². The molecule has 0 aliphatic heterocycles. The number of nitrogens with one attached hydrogen (secondary N) is 2. The standard InChI is InChI=1S/C14H34N4O2S/c1-6-9-15-10-8-12-18(5)21(19,20)16-11-13-17(4)14(3)7-2/h14-16H,6-13H2,1-5H3. The van der Waals surface area contributed by atoms with E-state index in [9.17, 15) is 8.42 Å². The molecule has 0 aliphatic carbocycles. The summed E-state index contributed by atoms with van der Waals surface area (Å²) in [6.07, 6.45) is 2.98. The predicted molar refractivity (Wildman–Crippen MR) is 89.7 cm³/mol. The fourth-order valence-electron chi connectivity index (χ4n) is 1.84. The molecule has 0 aromatic carbocycles. The highest BCUT2D eigenvalue weighted by molar-refractivity contribution is 7.87. The summed E-state index contributed by atoms with van der Waals surface area (Å²) in [7, 11) is 0.293. The van der Waals surface area contributed by atoms with Crippen molar-refractivity contribution in [3.63, 3.8) is 0 Å². The van der Waals surface area contributed by atoms with Gasteiger partial charge in [0.2, 0.25) is 0 Å². The summed E-state index contributed by atoms with van der Waals surface area (Å²) in [4.78, 5) is 2.16. The molecule has 0 radical (unpaired) electrons. The molecule has 0 bridgehead atoms. The molecule has 0 heterocycles. The second-order valence-electron chi connectivity index (χ2n) is 5.56. The molecule has 0 spiro atoms. The van der Waals surface area contributed by atoms with Gasteiger partial charge < -0.3 is 10.2 Å². The van der Waals surface area contributed by atoms with Gasteiger partial charge in [-0.2, -0.15) is 12.7 Å². The molecule has 0 rings (SSSR count). The van der Waals surface area contributed by atoms with Crippen LogP contribution in [0.25, 0.3) is 0 Å². The largest absolute Gasteiger partial charge is 0.317 e. The Morgan fingerprint density at radius 3 is 2.29 bits per heavy atom. The van der Waals surface area contributed by atoms with Gasteiger partial charge in [0, 0.05) is 32.7 Å². The molecule has 21 heavy (non-hydrogen) atoms. The van der Waals surface area contributed by atoms with Crippen LogP contribution >= 0.6 is 0 Å². The van der Waals surface area contributed by atoms with Gasteiger partial charge in [-0.1, -0.05) is 13.8 Å². The van der Waals surface area contributed by atoms with E-state index in [1.165, 1.54) is 4.31 Å². The average Bonchev–Trinajstić information content (AvgIpc) is 2.45. The van der Waals surface area contributed by atoms with Gasteiger partial charge >= 0.3 is 0 Å². The Morgan fingerprint density at radius 2 is 1.71 bits per heavy atom. The van der Waals surface area contributed by atoms with Crippen molar-refractivity contribution in [2.75, 3.05) is 46.8 Å². The number of likely N-dealkylation sites (N-methyl/N-ethyl adjacent to an activating group) is 1. The summed E-state index contributed by atoms with van der Waals surface area (Å²) < 4.78 is 28.1. The summed E-state index contributed by atoms with van der Waals surface area (Å²) in [5, 5.41) is 3.27. The third-order valence-electron chi connectivity index (χ3n) is 3.76. The first-order valence-electron chi connectivity index (χ1n) is 7.97. The van der Waals surface area contributed by atoms with E-state index in [2.05, 4.69) is 35.7 Å². The molecule has 128 valence electrons. The second-order valence-corrected chi connectivity index (χ2v) is 7.42. The van der Waals surface area contributed by atoms with Crippen molar-refractivity contribution in [3.05, 3.63) is 0 Å². The molecule has 0 aliphatic rings. The van der Waals surface area contributed by atoms with E-state index in [0.29, 0.717) is 19.1 Å². The molecular formula is C14H34N4O2S. The van der Waals surface area contributed by atoms with Crippen LogP contribution in [0.5, 0.6) is 0 Å². The smallest absolute Gasteiger partial charge is 0.279 e. The average molecular weight is 323 g/mol. The van der Waals surface area contributed by atoms with Gasteiger partial charge in [0.1, 0.15) is 0 Å². The van der Waals surface area contributed by atoms with E-state index < -0.39 is 10.2 Å². The fourth-order valence-corrected chi connectivity index (χ4v) is 2.78. The fraction of sp³-hybridized carbons (Fsp3) is 1.00. The number of rotatable bonds is 13. The maximum absolute atomic E-state index is 12.0. The van der Waals surface area contributed by atoms with Crippen LogP contribution in [0.3, 0.4) is 0 Å². The van der Waals surface area contributed by atoms with Crippen LogP contribution in [0.15, 0.2) is 0 Å². The molecule has 2 N–H and O–H groups in total. The maximum Gasteiger partial charge on any atom is 0.279 e. The molecule has 6 nitrogen and oxygen atoms in total. The van der Waals surface area contributed by atoms with Gasteiger partial charge in [0.15, 0.2) is 0 Å². The van der Waals surface area contributed by atoms with E-state index in [1.54, 1.807) is 7.05 Å². The maximum atomic E-state index is 12.0. The van der Waals surface area contributed by atoms with E-state index in [4.69, 9.17) is 0 Å². The normalized spacial score (nSPS) is 14.0. The summed E-state index contributed by atoms with van der Waals surface area (Å²) in [5.74, 6) is 0. The minimum absolute atomic E-state index is 0.446. The molecular weight excluding hydrogens is 288 g/mol. The lowest BCUT2D eigenvalue weighted by molar-refractivity contribution is 0.255. The molecule has 0 aromatic rings. The van der Waals surface area contributed by atoms with Crippen molar-refractivity contribution in [1.82, 2.24) is 19.2 Å². The van der Waals surface area contributed by atoms with Crippen molar-refractivity contribution in [3.8, 4) is 0 Å². The second kappa shape index (κ2) is 11.4. The van der Waals surface area contributed by atoms with Gasteiger partial charge in [0.05, 0.1) is 0 Å². The van der Waals surface area contributed by atoms with Gasteiger partial charge in [-0.15, -0.1) is 0 Å². The lowest BCUT2D eigenvalue weighted by atomic mass is 10.2. The van der Waals surface area contributed by atoms with Crippen molar-refractivity contribution < 1.29 is 8.42 Å². The Labute approximate surface area is 131 Å². The Bertz CT molecular complexity index is 349. The molecule has 1 atom stereocenters. The summed E-state index contributed by atoms with van der Waals surface area (Å²) in [6.45, 7) is 9.93. The Hall–Kier alpha value is -0.210. The quantitative estimate of drug-likeness (QED) is 0.494. The molecule has 0 aromatic heterocycles. The van der Waals surface area contributed by atoms with Crippen molar-refractivity contribution >= 4 is 10.2 Å². The summed E-state index contributed by atoms with van der Waals surface area (Å²) in [6, 6.07) is 0.469. The predicted octanol–water partition coefficient (Wildman–Crippen LogP) is 0.873. The van der Waals surface area contributed by atoms with Crippen LogP contribution in [0.4, 0.5) is 0 Å². The Balaban J connectivity index is 3.95. The van der Waals surface area contributed by atoms with Gasteiger partial charge in [0.25, 0.3) is 10.2 Å². The third kappa shape index (κ3) is 9.42. The Kier molecular flexibility index (Phi) is 11.3. The van der Waals surface area contributed by atoms with Crippen molar-refractivity contribution in [1.29, 1.82) is 0 Å². The molecule has 0 saturated carbocycles. The highest BCUT2D eigenvalue weighted by Gasteiger charge is 2.16. The topological polar surface area (TPSA) is 64.7 Å². The minimum Gasteiger partial charge on any atom is -0.317 e. The molecule has 0 saturated heterocycles. The zero-order valence-corrected chi connectivity index (χ0v) is 15.2. The monoisotopic (exact) mass is 322 g/mol. The van der Waals surface area contributed by atoms with Gasteiger partial charge in [-0.05, 0) is 46.3 Å². The molecule has 0 fully saturated rings. The third-order valence-corrected chi connectivity index (χ3v) is 5.33. The lowest BCUT2D eigenvalue weighted by Crippen LogP contribution is -2.43. The highest BCUT2D eigenvalue weighted by Crippen LogP contribution is 1.99.